The molecule has 0 bridgehead atoms. The van der Waals surface area contributed by atoms with Crippen LogP contribution in [0.4, 0.5) is 0 Å². The summed E-state index contributed by atoms with van der Waals surface area (Å²) in [6, 6.07) is 3.27. The molecule has 0 aliphatic rings. The zero-order valence-electron chi connectivity index (χ0n) is 12.7. The van der Waals surface area contributed by atoms with Gasteiger partial charge < -0.3 is 9.47 Å². The number of carbonyl (C=O) groups is 1. The molecule has 0 aromatic heterocycles. The molecule has 0 atom stereocenters. The van der Waals surface area contributed by atoms with Gasteiger partial charge in [0, 0.05) is 16.2 Å². The van der Waals surface area contributed by atoms with Gasteiger partial charge in [-0.15, -0.1) is 0 Å². The van der Waals surface area contributed by atoms with E-state index in [1.165, 1.54) is 7.11 Å². The second kappa shape index (κ2) is 6.23. The van der Waals surface area contributed by atoms with E-state index in [1.54, 1.807) is 39.8 Å². The summed E-state index contributed by atoms with van der Waals surface area (Å²) in [5, 5.41) is 0. The monoisotopic (exact) mass is 334 g/mol. The quantitative estimate of drug-likeness (QED) is 0.611. The van der Waals surface area contributed by atoms with Crippen LogP contribution in [0.15, 0.2) is 17.0 Å². The summed E-state index contributed by atoms with van der Waals surface area (Å²) in [5.41, 5.74) is 0.124. The maximum absolute atomic E-state index is 11.6. The van der Waals surface area contributed by atoms with Gasteiger partial charge in [-0.25, -0.2) is 8.42 Å². The van der Waals surface area contributed by atoms with E-state index in [0.717, 1.165) is 0 Å². The number of carbonyl (C=O) groups excluding carboxylic acids is 1. The van der Waals surface area contributed by atoms with Crippen LogP contribution in [0.1, 0.15) is 25.0 Å². The SMILES string of the molecule is COC(=O)C(C)(C)COc1ccc(C)c(S(=O)(=O)Cl)c1C. The van der Waals surface area contributed by atoms with E-state index in [4.69, 9.17) is 20.2 Å². The smallest absolute Gasteiger partial charge is 0.314 e. The number of aryl methyl sites for hydroxylation is 1. The molecule has 118 valence electrons. The molecule has 0 fully saturated rings. The molecule has 0 saturated carbocycles. The highest BCUT2D eigenvalue weighted by molar-refractivity contribution is 8.13. The number of halogens is 1. The lowest BCUT2D eigenvalue weighted by Gasteiger charge is -2.22. The normalized spacial score (nSPS) is 12.1. The molecule has 1 aromatic rings. The lowest BCUT2D eigenvalue weighted by Crippen LogP contribution is -2.32. The van der Waals surface area contributed by atoms with Crippen LogP contribution in [-0.4, -0.2) is 28.1 Å². The van der Waals surface area contributed by atoms with Gasteiger partial charge in [0.15, 0.2) is 0 Å². The molecular formula is C14H19ClO5S. The van der Waals surface area contributed by atoms with Gasteiger partial charge in [0.25, 0.3) is 9.05 Å². The topological polar surface area (TPSA) is 69.7 Å². The molecule has 5 nitrogen and oxygen atoms in total. The highest BCUT2D eigenvalue weighted by atomic mass is 35.7. The van der Waals surface area contributed by atoms with E-state index < -0.39 is 20.4 Å². The predicted molar refractivity (Wildman–Crippen MR) is 80.2 cm³/mol. The predicted octanol–water partition coefficient (Wildman–Crippen LogP) is 2.81. The third-order valence-electron chi connectivity index (χ3n) is 3.12. The highest BCUT2D eigenvalue weighted by Crippen LogP contribution is 2.31. The van der Waals surface area contributed by atoms with E-state index in [-0.39, 0.29) is 11.5 Å². The second-order valence-corrected chi connectivity index (χ2v) is 7.94. The van der Waals surface area contributed by atoms with Crippen molar-refractivity contribution in [1.82, 2.24) is 0 Å². The van der Waals surface area contributed by atoms with E-state index in [2.05, 4.69) is 0 Å². The number of rotatable bonds is 5. The largest absolute Gasteiger partial charge is 0.492 e. The lowest BCUT2D eigenvalue weighted by molar-refractivity contribution is -0.152. The Hall–Kier alpha value is -1.27. The molecule has 0 heterocycles. The summed E-state index contributed by atoms with van der Waals surface area (Å²) < 4.78 is 33.5. The highest BCUT2D eigenvalue weighted by Gasteiger charge is 2.30. The molecule has 21 heavy (non-hydrogen) atoms. The second-order valence-electron chi connectivity index (χ2n) is 5.44. The van der Waals surface area contributed by atoms with Gasteiger partial charge in [-0.05, 0) is 39.3 Å². The first-order valence-electron chi connectivity index (χ1n) is 6.27. The molecule has 1 rings (SSSR count). The summed E-state index contributed by atoms with van der Waals surface area (Å²) in [7, 11) is 2.89. The first-order chi connectivity index (χ1) is 9.50. The van der Waals surface area contributed by atoms with Crippen LogP contribution in [0.5, 0.6) is 5.75 Å². The molecule has 0 unspecified atom stereocenters. The molecule has 7 heteroatoms. The van der Waals surface area contributed by atoms with Crippen molar-refractivity contribution >= 4 is 25.7 Å². The Labute approximate surface area is 129 Å². The van der Waals surface area contributed by atoms with Crippen LogP contribution in [-0.2, 0) is 18.6 Å². The van der Waals surface area contributed by atoms with Crippen LogP contribution >= 0.6 is 10.7 Å². The lowest BCUT2D eigenvalue weighted by atomic mass is 9.95. The summed E-state index contributed by atoms with van der Waals surface area (Å²) in [5.74, 6) is -0.0331. The first kappa shape index (κ1) is 17.8. The molecule has 0 spiro atoms. The Bertz CT molecular complexity index is 650. The third-order valence-corrected chi connectivity index (χ3v) is 4.70. The Balaban J connectivity index is 3.10. The van der Waals surface area contributed by atoms with E-state index >= 15 is 0 Å². The van der Waals surface area contributed by atoms with Gasteiger partial charge in [0.2, 0.25) is 0 Å². The van der Waals surface area contributed by atoms with Crippen molar-refractivity contribution in [3.8, 4) is 5.75 Å². The first-order valence-corrected chi connectivity index (χ1v) is 8.57. The van der Waals surface area contributed by atoms with Gasteiger partial charge in [-0.1, -0.05) is 6.07 Å². The van der Waals surface area contributed by atoms with E-state index in [1.807, 2.05) is 0 Å². The standard InChI is InChI=1S/C14H19ClO5S/c1-9-6-7-11(10(2)12(9)21(15,17)18)20-8-14(3,4)13(16)19-5/h6-7H,8H2,1-5H3. The van der Waals surface area contributed by atoms with Crippen LogP contribution in [0.2, 0.25) is 0 Å². The van der Waals surface area contributed by atoms with E-state index in [0.29, 0.717) is 16.9 Å². The fraction of sp³-hybridized carbons (Fsp3) is 0.500. The molecule has 0 saturated heterocycles. The van der Waals surface area contributed by atoms with Crippen LogP contribution < -0.4 is 4.74 Å². The van der Waals surface area contributed by atoms with Gasteiger partial charge >= 0.3 is 5.97 Å². The molecule has 1 aromatic carbocycles. The number of hydrogen-bond acceptors (Lipinski definition) is 5. The van der Waals surface area contributed by atoms with Crippen LogP contribution in [0, 0.1) is 19.3 Å². The molecular weight excluding hydrogens is 316 g/mol. The Morgan fingerprint density at radius 2 is 1.86 bits per heavy atom. The zero-order valence-corrected chi connectivity index (χ0v) is 14.3. The molecule has 0 amide bonds. The summed E-state index contributed by atoms with van der Waals surface area (Å²) in [6.07, 6.45) is 0. The summed E-state index contributed by atoms with van der Waals surface area (Å²) >= 11 is 0. The average Bonchev–Trinajstić information content (AvgIpc) is 2.35. The van der Waals surface area contributed by atoms with Crippen LogP contribution in [0.3, 0.4) is 0 Å². The number of benzene rings is 1. The Morgan fingerprint density at radius 3 is 2.33 bits per heavy atom. The number of esters is 1. The van der Waals surface area contributed by atoms with Crippen molar-refractivity contribution < 1.29 is 22.7 Å². The summed E-state index contributed by atoms with van der Waals surface area (Å²) in [6.45, 7) is 6.70. The van der Waals surface area contributed by atoms with Crippen molar-refractivity contribution in [3.63, 3.8) is 0 Å². The number of methoxy groups -OCH3 is 1. The maximum atomic E-state index is 11.6. The fourth-order valence-electron chi connectivity index (χ4n) is 1.93. The minimum absolute atomic E-state index is 0.0394. The van der Waals surface area contributed by atoms with Crippen molar-refractivity contribution in [1.29, 1.82) is 0 Å². The minimum atomic E-state index is -3.86. The molecule has 0 aliphatic heterocycles. The molecule has 0 N–H and O–H groups in total. The Morgan fingerprint density at radius 1 is 1.29 bits per heavy atom. The summed E-state index contributed by atoms with van der Waals surface area (Å²) in [4.78, 5) is 11.6. The van der Waals surface area contributed by atoms with Gasteiger partial charge in [-0.3, -0.25) is 4.79 Å². The van der Waals surface area contributed by atoms with Crippen molar-refractivity contribution in [2.24, 2.45) is 5.41 Å². The third kappa shape index (κ3) is 4.11. The van der Waals surface area contributed by atoms with Crippen molar-refractivity contribution in [3.05, 3.63) is 23.3 Å². The molecule has 0 radical (unpaired) electrons. The van der Waals surface area contributed by atoms with Crippen molar-refractivity contribution in [2.45, 2.75) is 32.6 Å². The molecule has 0 aliphatic carbocycles. The average molecular weight is 335 g/mol. The van der Waals surface area contributed by atoms with E-state index in [9.17, 15) is 13.2 Å². The van der Waals surface area contributed by atoms with Crippen molar-refractivity contribution in [2.75, 3.05) is 13.7 Å². The van der Waals surface area contributed by atoms with Crippen LogP contribution in [0.25, 0.3) is 0 Å². The minimum Gasteiger partial charge on any atom is -0.492 e. The van der Waals surface area contributed by atoms with Gasteiger partial charge in [0.1, 0.15) is 12.4 Å². The van der Waals surface area contributed by atoms with Gasteiger partial charge in [0.05, 0.1) is 17.4 Å². The Kier molecular flexibility index (Phi) is 5.28. The zero-order chi connectivity index (χ0) is 16.4. The van der Waals surface area contributed by atoms with Gasteiger partial charge in [-0.2, -0.15) is 0 Å². The fourth-order valence-corrected chi connectivity index (χ4v) is 3.57. The number of ether oxygens (including phenoxy) is 2. The maximum Gasteiger partial charge on any atom is 0.314 e. The number of hydrogen-bond donors (Lipinski definition) is 0.